The van der Waals surface area contributed by atoms with Gasteiger partial charge in [-0.3, -0.25) is 14.9 Å². The summed E-state index contributed by atoms with van der Waals surface area (Å²) in [6.07, 6.45) is 2.80. The third-order valence-electron chi connectivity index (χ3n) is 4.91. The number of amides is 1. The number of esters is 1. The lowest BCUT2D eigenvalue weighted by Crippen LogP contribution is -2.13. The first-order chi connectivity index (χ1) is 15.9. The Hall–Kier alpha value is -4.27. The number of ether oxygens (including phenoxy) is 1. The van der Waals surface area contributed by atoms with Crippen LogP contribution in [0, 0.1) is 10.1 Å². The highest BCUT2D eigenvalue weighted by molar-refractivity contribution is 6.00. The van der Waals surface area contributed by atoms with Crippen molar-refractivity contribution in [3.63, 3.8) is 0 Å². The van der Waals surface area contributed by atoms with Crippen LogP contribution in [0.1, 0.15) is 35.7 Å². The van der Waals surface area contributed by atoms with Crippen LogP contribution in [0.2, 0.25) is 0 Å². The Morgan fingerprint density at radius 3 is 2.52 bits per heavy atom. The lowest BCUT2D eigenvalue weighted by molar-refractivity contribution is -0.384. The van der Waals surface area contributed by atoms with Gasteiger partial charge in [0, 0.05) is 25.2 Å². The van der Waals surface area contributed by atoms with Crippen molar-refractivity contribution in [2.75, 3.05) is 17.7 Å². The fraction of sp³-hybridized carbons (Fsp3) is 0.208. The minimum absolute atomic E-state index is 0.0798. The van der Waals surface area contributed by atoms with Gasteiger partial charge in [0.15, 0.2) is 0 Å². The number of carbonyl (C=O) groups is 2. The SMILES string of the molecule is CCCC(=O)Nc1cccnc1NCc1ccc(-c2c(C(=O)OC)cccc2[N+](=O)[O-])cc1. The zero-order valence-electron chi connectivity index (χ0n) is 18.3. The Morgan fingerprint density at radius 1 is 1.09 bits per heavy atom. The van der Waals surface area contributed by atoms with Crippen molar-refractivity contribution in [1.82, 2.24) is 4.98 Å². The van der Waals surface area contributed by atoms with Crippen molar-refractivity contribution < 1.29 is 19.2 Å². The second kappa shape index (κ2) is 10.9. The van der Waals surface area contributed by atoms with Gasteiger partial charge < -0.3 is 15.4 Å². The number of anilines is 2. The predicted molar refractivity (Wildman–Crippen MR) is 125 cm³/mol. The number of benzene rings is 2. The molecule has 3 aromatic rings. The molecule has 0 atom stereocenters. The summed E-state index contributed by atoms with van der Waals surface area (Å²) >= 11 is 0. The van der Waals surface area contributed by atoms with Crippen LogP contribution in [-0.4, -0.2) is 28.9 Å². The van der Waals surface area contributed by atoms with E-state index in [0.29, 0.717) is 30.0 Å². The van der Waals surface area contributed by atoms with Crippen molar-refractivity contribution >= 4 is 29.1 Å². The summed E-state index contributed by atoms with van der Waals surface area (Å²) in [6.45, 7) is 2.35. The summed E-state index contributed by atoms with van der Waals surface area (Å²) < 4.78 is 4.79. The molecule has 33 heavy (non-hydrogen) atoms. The van der Waals surface area contributed by atoms with E-state index >= 15 is 0 Å². The van der Waals surface area contributed by atoms with Gasteiger partial charge in [0.1, 0.15) is 5.82 Å². The summed E-state index contributed by atoms with van der Waals surface area (Å²) in [7, 11) is 1.23. The fourth-order valence-corrected chi connectivity index (χ4v) is 3.34. The standard InChI is InChI=1S/C24H24N4O5/c1-3-6-21(29)27-19-8-5-14-25-23(19)26-15-16-10-12-17(13-11-16)22-18(24(30)33-2)7-4-9-20(22)28(31)32/h4-5,7-14H,3,6,15H2,1-2H3,(H,25,26)(H,27,29). The Bertz CT molecular complexity index is 1160. The van der Waals surface area contributed by atoms with E-state index in [4.69, 9.17) is 4.74 Å². The molecule has 0 aliphatic rings. The Morgan fingerprint density at radius 2 is 1.85 bits per heavy atom. The zero-order valence-corrected chi connectivity index (χ0v) is 18.3. The lowest BCUT2D eigenvalue weighted by Gasteiger charge is -2.13. The molecule has 1 heterocycles. The van der Waals surface area contributed by atoms with E-state index < -0.39 is 10.9 Å². The maximum Gasteiger partial charge on any atom is 0.338 e. The average molecular weight is 448 g/mol. The van der Waals surface area contributed by atoms with E-state index in [-0.39, 0.29) is 22.7 Å². The number of hydrogen-bond acceptors (Lipinski definition) is 7. The molecule has 1 amide bonds. The smallest absolute Gasteiger partial charge is 0.338 e. The van der Waals surface area contributed by atoms with Crippen LogP contribution >= 0.6 is 0 Å². The number of carbonyl (C=O) groups excluding carboxylic acids is 2. The van der Waals surface area contributed by atoms with E-state index in [1.54, 1.807) is 42.6 Å². The van der Waals surface area contributed by atoms with Gasteiger partial charge in [-0.15, -0.1) is 0 Å². The topological polar surface area (TPSA) is 123 Å². The van der Waals surface area contributed by atoms with Gasteiger partial charge in [0.05, 0.1) is 28.8 Å². The van der Waals surface area contributed by atoms with Gasteiger partial charge in [-0.25, -0.2) is 9.78 Å². The van der Waals surface area contributed by atoms with Crippen molar-refractivity contribution in [1.29, 1.82) is 0 Å². The number of methoxy groups -OCH3 is 1. The maximum atomic E-state index is 12.2. The van der Waals surface area contributed by atoms with Crippen LogP contribution < -0.4 is 10.6 Å². The molecule has 0 bridgehead atoms. The normalized spacial score (nSPS) is 10.4. The molecule has 170 valence electrons. The quantitative estimate of drug-likeness (QED) is 0.274. The van der Waals surface area contributed by atoms with Gasteiger partial charge in [-0.2, -0.15) is 0 Å². The minimum atomic E-state index is -0.646. The molecule has 0 aliphatic heterocycles. The highest BCUT2D eigenvalue weighted by atomic mass is 16.6. The van der Waals surface area contributed by atoms with E-state index in [1.807, 2.05) is 6.92 Å². The summed E-state index contributed by atoms with van der Waals surface area (Å²) in [6, 6.07) is 14.9. The Balaban J connectivity index is 1.81. The molecular formula is C24H24N4O5. The molecule has 3 rings (SSSR count). The first kappa shape index (κ1) is 23.4. The summed E-state index contributed by atoms with van der Waals surface area (Å²) in [4.78, 5) is 39.4. The third-order valence-corrected chi connectivity index (χ3v) is 4.91. The van der Waals surface area contributed by atoms with Crippen molar-refractivity contribution in [2.24, 2.45) is 0 Å². The van der Waals surface area contributed by atoms with E-state index in [0.717, 1.165) is 12.0 Å². The first-order valence-electron chi connectivity index (χ1n) is 10.4. The van der Waals surface area contributed by atoms with Crippen LogP contribution in [0.15, 0.2) is 60.8 Å². The number of nitrogens with zero attached hydrogens (tertiary/aromatic N) is 2. The monoisotopic (exact) mass is 448 g/mol. The molecule has 0 saturated heterocycles. The van der Waals surface area contributed by atoms with Crippen LogP contribution in [0.4, 0.5) is 17.2 Å². The summed E-state index contributed by atoms with van der Waals surface area (Å²) in [5.74, 6) is -0.186. The zero-order chi connectivity index (χ0) is 23.8. The second-order valence-corrected chi connectivity index (χ2v) is 7.20. The van der Waals surface area contributed by atoms with E-state index in [2.05, 4.69) is 15.6 Å². The largest absolute Gasteiger partial charge is 0.465 e. The molecule has 9 heteroatoms. The number of pyridine rings is 1. The lowest BCUT2D eigenvalue weighted by atomic mass is 9.96. The molecule has 0 fully saturated rings. The molecule has 1 aromatic heterocycles. The molecule has 0 aliphatic carbocycles. The predicted octanol–water partition coefficient (Wildman–Crippen LogP) is 4.79. The molecule has 2 N–H and O–H groups in total. The van der Waals surface area contributed by atoms with E-state index in [9.17, 15) is 19.7 Å². The summed E-state index contributed by atoms with van der Waals surface area (Å²) in [5, 5.41) is 17.6. The molecule has 0 unspecified atom stereocenters. The fourth-order valence-electron chi connectivity index (χ4n) is 3.34. The maximum absolute atomic E-state index is 12.2. The third kappa shape index (κ3) is 5.70. The van der Waals surface area contributed by atoms with Crippen molar-refractivity contribution in [3.05, 3.63) is 82.0 Å². The highest BCUT2D eigenvalue weighted by Crippen LogP contribution is 2.34. The van der Waals surface area contributed by atoms with Gasteiger partial charge in [-0.05, 0) is 35.7 Å². The number of aromatic nitrogens is 1. The number of nitro groups is 1. The minimum Gasteiger partial charge on any atom is -0.465 e. The molecular weight excluding hydrogens is 424 g/mol. The molecule has 0 saturated carbocycles. The molecule has 2 aromatic carbocycles. The Labute approximate surface area is 191 Å². The molecule has 0 spiro atoms. The summed E-state index contributed by atoms with van der Waals surface area (Å²) in [5.41, 5.74) is 2.16. The Kier molecular flexibility index (Phi) is 7.69. The number of nitrogens with one attached hydrogen (secondary N) is 2. The van der Waals surface area contributed by atoms with Gasteiger partial charge in [-0.1, -0.05) is 37.3 Å². The number of nitro benzene ring substituents is 1. The number of hydrogen-bond donors (Lipinski definition) is 2. The van der Waals surface area contributed by atoms with Crippen LogP contribution in [-0.2, 0) is 16.1 Å². The molecule has 9 nitrogen and oxygen atoms in total. The van der Waals surface area contributed by atoms with Crippen molar-refractivity contribution in [3.8, 4) is 11.1 Å². The van der Waals surface area contributed by atoms with Crippen LogP contribution in [0.5, 0.6) is 0 Å². The number of rotatable bonds is 9. The second-order valence-electron chi connectivity index (χ2n) is 7.20. The van der Waals surface area contributed by atoms with Crippen LogP contribution in [0.3, 0.4) is 0 Å². The van der Waals surface area contributed by atoms with Crippen LogP contribution in [0.25, 0.3) is 11.1 Å². The van der Waals surface area contributed by atoms with Crippen molar-refractivity contribution in [2.45, 2.75) is 26.3 Å². The highest BCUT2D eigenvalue weighted by Gasteiger charge is 2.23. The molecule has 0 radical (unpaired) electrons. The van der Waals surface area contributed by atoms with Gasteiger partial charge in [0.25, 0.3) is 5.69 Å². The average Bonchev–Trinajstić information content (AvgIpc) is 2.83. The van der Waals surface area contributed by atoms with E-state index in [1.165, 1.54) is 25.3 Å². The van der Waals surface area contributed by atoms with Gasteiger partial charge >= 0.3 is 5.97 Å². The van der Waals surface area contributed by atoms with Gasteiger partial charge in [0.2, 0.25) is 5.91 Å². The first-order valence-corrected chi connectivity index (χ1v) is 10.4.